The number of amides is 2. The Bertz CT molecular complexity index is 1440. The number of fused-ring (bicyclic) bond motifs is 1. The summed E-state index contributed by atoms with van der Waals surface area (Å²) in [7, 11) is 0. The predicted molar refractivity (Wildman–Crippen MR) is 137 cm³/mol. The summed E-state index contributed by atoms with van der Waals surface area (Å²) in [5.41, 5.74) is 3.52. The molecule has 36 heavy (non-hydrogen) atoms. The minimum absolute atomic E-state index is 0.0420. The molecule has 2 aromatic carbocycles. The van der Waals surface area contributed by atoms with Crippen molar-refractivity contribution < 1.29 is 14.0 Å². The largest absolute Gasteiger partial charge is 0.467 e. The maximum atomic E-state index is 13.8. The summed E-state index contributed by atoms with van der Waals surface area (Å²) in [5.74, 6) is 0.120. The first-order valence-electron chi connectivity index (χ1n) is 11.6. The number of rotatable bonds is 9. The van der Waals surface area contributed by atoms with E-state index in [0.717, 1.165) is 21.5 Å². The van der Waals surface area contributed by atoms with Crippen LogP contribution in [0.25, 0.3) is 11.0 Å². The molecule has 9 heteroatoms. The van der Waals surface area contributed by atoms with E-state index in [1.54, 1.807) is 28.0 Å². The van der Waals surface area contributed by atoms with Crippen molar-refractivity contribution in [3.63, 3.8) is 0 Å². The fourth-order valence-electron chi connectivity index (χ4n) is 4.02. The summed E-state index contributed by atoms with van der Waals surface area (Å²) in [6.45, 7) is 2.47. The van der Waals surface area contributed by atoms with Crippen molar-refractivity contribution in [3.05, 3.63) is 106 Å². The maximum Gasteiger partial charge on any atom is 0.248 e. The number of carbonyl (C=O) groups is 2. The van der Waals surface area contributed by atoms with E-state index in [4.69, 9.17) is 4.42 Å². The molecule has 0 bridgehead atoms. The van der Waals surface area contributed by atoms with Crippen LogP contribution in [-0.4, -0.2) is 31.7 Å². The average Bonchev–Trinajstić information content (AvgIpc) is 3.67. The summed E-state index contributed by atoms with van der Waals surface area (Å²) in [4.78, 5) is 29.8. The Kier molecular flexibility index (Phi) is 6.90. The Balaban J connectivity index is 1.47. The summed E-state index contributed by atoms with van der Waals surface area (Å²) >= 11 is 1.44. The molecule has 0 saturated carbocycles. The van der Waals surface area contributed by atoms with Crippen LogP contribution in [0, 0.1) is 6.92 Å². The van der Waals surface area contributed by atoms with Gasteiger partial charge >= 0.3 is 0 Å². The lowest BCUT2D eigenvalue weighted by atomic mass is 10.1. The molecule has 0 saturated heterocycles. The van der Waals surface area contributed by atoms with Gasteiger partial charge in [0, 0.05) is 11.4 Å². The van der Waals surface area contributed by atoms with Gasteiger partial charge < -0.3 is 14.6 Å². The standard InChI is InChI=1S/C27H25N5O3S/c1-19-10-12-20(13-11-19)17-31(25(33)18-32-23-8-3-2-7-22(23)29-30-32)26(24-9-5-15-36-24)27(34)28-16-21-6-4-14-35-21/h2-15,26H,16-18H2,1H3,(H,28,34)/t26-/m1/s1. The van der Waals surface area contributed by atoms with Crippen LogP contribution < -0.4 is 5.32 Å². The zero-order valence-corrected chi connectivity index (χ0v) is 20.5. The molecule has 2 amide bonds. The molecule has 0 unspecified atom stereocenters. The van der Waals surface area contributed by atoms with Crippen molar-refractivity contribution in [2.45, 2.75) is 32.6 Å². The van der Waals surface area contributed by atoms with Crippen molar-refractivity contribution in [1.82, 2.24) is 25.2 Å². The van der Waals surface area contributed by atoms with Crippen LogP contribution in [0.1, 0.15) is 27.8 Å². The highest BCUT2D eigenvalue weighted by atomic mass is 32.1. The molecule has 3 aromatic heterocycles. The average molecular weight is 500 g/mol. The Morgan fingerprint density at radius 1 is 1.06 bits per heavy atom. The summed E-state index contributed by atoms with van der Waals surface area (Å²) in [6, 6.07) is 22.0. The number of benzene rings is 2. The topological polar surface area (TPSA) is 93.3 Å². The fourth-order valence-corrected chi connectivity index (χ4v) is 4.86. The Labute approximate surface area is 212 Å². The lowest BCUT2D eigenvalue weighted by Crippen LogP contribution is -2.44. The van der Waals surface area contributed by atoms with Crippen LogP contribution >= 0.6 is 11.3 Å². The molecule has 5 aromatic rings. The molecular formula is C27H25N5O3S. The van der Waals surface area contributed by atoms with Gasteiger partial charge in [-0.15, -0.1) is 16.4 Å². The minimum Gasteiger partial charge on any atom is -0.467 e. The number of nitrogens with zero attached hydrogens (tertiary/aromatic N) is 4. The second-order valence-corrected chi connectivity index (χ2v) is 9.44. The Hall–Kier alpha value is -4.24. The van der Waals surface area contributed by atoms with Gasteiger partial charge in [0.05, 0.1) is 18.3 Å². The van der Waals surface area contributed by atoms with E-state index >= 15 is 0 Å². The van der Waals surface area contributed by atoms with Gasteiger partial charge in [0.25, 0.3) is 0 Å². The maximum absolute atomic E-state index is 13.8. The van der Waals surface area contributed by atoms with Gasteiger partial charge in [-0.2, -0.15) is 0 Å². The van der Waals surface area contributed by atoms with Crippen molar-refractivity contribution in [2.75, 3.05) is 0 Å². The zero-order chi connectivity index (χ0) is 24.9. The Morgan fingerprint density at radius 2 is 1.89 bits per heavy atom. The zero-order valence-electron chi connectivity index (χ0n) is 19.7. The number of aromatic nitrogens is 3. The van der Waals surface area contributed by atoms with Crippen molar-refractivity contribution in [3.8, 4) is 0 Å². The lowest BCUT2D eigenvalue weighted by Gasteiger charge is -2.30. The van der Waals surface area contributed by atoms with E-state index in [-0.39, 0.29) is 31.4 Å². The molecule has 0 fully saturated rings. The van der Waals surface area contributed by atoms with Crippen LogP contribution in [-0.2, 0) is 29.2 Å². The second-order valence-electron chi connectivity index (χ2n) is 8.46. The van der Waals surface area contributed by atoms with E-state index in [1.807, 2.05) is 73.0 Å². The highest BCUT2D eigenvalue weighted by molar-refractivity contribution is 7.10. The fraction of sp³-hybridized carbons (Fsp3) is 0.185. The molecular weight excluding hydrogens is 474 g/mol. The first kappa shape index (κ1) is 23.5. The van der Waals surface area contributed by atoms with E-state index in [2.05, 4.69) is 15.6 Å². The minimum atomic E-state index is -0.816. The predicted octanol–water partition coefficient (Wildman–Crippen LogP) is 4.48. The van der Waals surface area contributed by atoms with Crippen LogP contribution in [0.15, 0.2) is 88.9 Å². The van der Waals surface area contributed by atoms with Gasteiger partial charge in [0.2, 0.25) is 11.8 Å². The number of thiophene rings is 1. The van der Waals surface area contributed by atoms with Gasteiger partial charge in [0.1, 0.15) is 23.9 Å². The normalized spacial score (nSPS) is 11.9. The molecule has 182 valence electrons. The van der Waals surface area contributed by atoms with Gasteiger partial charge in [-0.1, -0.05) is 53.2 Å². The number of nitrogens with one attached hydrogen (secondary N) is 1. The monoisotopic (exact) mass is 499 g/mol. The quantitative estimate of drug-likeness (QED) is 0.323. The number of furan rings is 1. The van der Waals surface area contributed by atoms with Crippen molar-refractivity contribution >= 4 is 34.2 Å². The summed E-state index contributed by atoms with van der Waals surface area (Å²) < 4.78 is 6.94. The second kappa shape index (κ2) is 10.6. The molecule has 1 atom stereocenters. The Morgan fingerprint density at radius 3 is 2.64 bits per heavy atom. The number of hydrogen-bond acceptors (Lipinski definition) is 6. The van der Waals surface area contributed by atoms with Crippen LogP contribution in [0.4, 0.5) is 0 Å². The third kappa shape index (κ3) is 5.21. The number of para-hydroxylation sites is 1. The van der Waals surface area contributed by atoms with Gasteiger partial charge in [0.15, 0.2) is 0 Å². The molecule has 0 radical (unpaired) electrons. The molecule has 5 rings (SSSR count). The van der Waals surface area contributed by atoms with Crippen molar-refractivity contribution in [2.24, 2.45) is 0 Å². The van der Waals surface area contributed by atoms with Gasteiger partial charge in [-0.25, -0.2) is 4.68 Å². The van der Waals surface area contributed by atoms with Gasteiger partial charge in [-0.05, 0) is 48.2 Å². The molecule has 1 N–H and O–H groups in total. The molecule has 3 heterocycles. The SMILES string of the molecule is Cc1ccc(CN(C(=O)Cn2nnc3ccccc32)[C@@H](C(=O)NCc2ccco2)c2cccs2)cc1. The van der Waals surface area contributed by atoms with E-state index in [1.165, 1.54) is 11.3 Å². The molecule has 0 spiro atoms. The van der Waals surface area contributed by atoms with Crippen LogP contribution in [0.2, 0.25) is 0 Å². The third-order valence-electron chi connectivity index (χ3n) is 5.89. The van der Waals surface area contributed by atoms with Gasteiger partial charge in [-0.3, -0.25) is 9.59 Å². The molecule has 0 aliphatic heterocycles. The first-order valence-corrected chi connectivity index (χ1v) is 12.4. The molecule has 8 nitrogen and oxygen atoms in total. The third-order valence-corrected chi connectivity index (χ3v) is 6.81. The van der Waals surface area contributed by atoms with E-state index < -0.39 is 6.04 Å². The van der Waals surface area contributed by atoms with Crippen LogP contribution in [0.3, 0.4) is 0 Å². The molecule has 0 aliphatic carbocycles. The summed E-state index contributed by atoms with van der Waals surface area (Å²) in [5, 5.41) is 13.2. The van der Waals surface area contributed by atoms with E-state index in [9.17, 15) is 9.59 Å². The number of hydrogen-bond donors (Lipinski definition) is 1. The molecule has 0 aliphatic rings. The van der Waals surface area contributed by atoms with E-state index in [0.29, 0.717) is 11.3 Å². The highest BCUT2D eigenvalue weighted by Gasteiger charge is 2.33. The number of aryl methyl sites for hydroxylation is 1. The summed E-state index contributed by atoms with van der Waals surface area (Å²) in [6.07, 6.45) is 1.56. The first-order chi connectivity index (χ1) is 17.6. The van der Waals surface area contributed by atoms with Crippen LogP contribution in [0.5, 0.6) is 0 Å². The highest BCUT2D eigenvalue weighted by Crippen LogP contribution is 2.28. The van der Waals surface area contributed by atoms with Crippen molar-refractivity contribution in [1.29, 1.82) is 0 Å². The lowest BCUT2D eigenvalue weighted by molar-refractivity contribution is -0.142. The smallest absolute Gasteiger partial charge is 0.248 e. The number of carbonyl (C=O) groups excluding carboxylic acids is 2.